The van der Waals surface area contributed by atoms with Crippen LogP contribution in [0.3, 0.4) is 0 Å². The van der Waals surface area contributed by atoms with Crippen LogP contribution < -0.4 is 14.8 Å². The highest BCUT2D eigenvalue weighted by Gasteiger charge is 2.11. The van der Waals surface area contributed by atoms with E-state index in [0.29, 0.717) is 13.2 Å². The summed E-state index contributed by atoms with van der Waals surface area (Å²) < 4.78 is 14.1. The summed E-state index contributed by atoms with van der Waals surface area (Å²) in [5.74, 6) is 1.62. The fourth-order valence-corrected chi connectivity index (χ4v) is 3.00. The second-order valence-electron chi connectivity index (χ2n) is 6.78. The molecule has 6 heteroatoms. The van der Waals surface area contributed by atoms with Crippen molar-refractivity contribution in [3.05, 3.63) is 77.9 Å². The van der Waals surface area contributed by atoms with Gasteiger partial charge < -0.3 is 19.4 Å². The summed E-state index contributed by atoms with van der Waals surface area (Å²) in [7, 11) is 0. The first kappa shape index (κ1) is 22.8. The normalized spacial score (nSPS) is 10.4. The van der Waals surface area contributed by atoms with Crippen LogP contribution in [0, 0.1) is 6.92 Å². The molecule has 0 aliphatic carbocycles. The molecule has 1 heterocycles. The van der Waals surface area contributed by atoms with E-state index in [9.17, 15) is 0 Å². The van der Waals surface area contributed by atoms with Crippen molar-refractivity contribution in [3.63, 3.8) is 0 Å². The van der Waals surface area contributed by atoms with E-state index in [-0.39, 0.29) is 12.4 Å². The lowest BCUT2D eigenvalue weighted by Gasteiger charge is -2.16. The second-order valence-corrected chi connectivity index (χ2v) is 6.78. The number of rotatable bonds is 11. The summed E-state index contributed by atoms with van der Waals surface area (Å²) in [6, 6.07) is 14.5. The largest absolute Gasteiger partial charge is 0.490 e. The van der Waals surface area contributed by atoms with Gasteiger partial charge in [-0.15, -0.1) is 12.4 Å². The minimum absolute atomic E-state index is 0. The molecule has 5 nitrogen and oxygen atoms in total. The Bertz CT molecular complexity index is 836. The molecule has 0 amide bonds. The summed E-state index contributed by atoms with van der Waals surface area (Å²) in [5.41, 5.74) is 3.51. The van der Waals surface area contributed by atoms with Gasteiger partial charge in [-0.2, -0.15) is 0 Å². The Kier molecular flexibility index (Phi) is 9.54. The second kappa shape index (κ2) is 12.1. The van der Waals surface area contributed by atoms with E-state index in [1.807, 2.05) is 37.8 Å². The minimum Gasteiger partial charge on any atom is -0.490 e. The van der Waals surface area contributed by atoms with E-state index in [1.54, 1.807) is 0 Å². The molecule has 0 unspecified atom stereocenters. The Labute approximate surface area is 179 Å². The van der Waals surface area contributed by atoms with Gasteiger partial charge in [0, 0.05) is 31.0 Å². The van der Waals surface area contributed by atoms with E-state index < -0.39 is 0 Å². The zero-order chi connectivity index (χ0) is 19.6. The molecular formula is C23H30ClN3O2. The number of nitrogens with one attached hydrogen (secondary N) is 1. The molecule has 2 aromatic carbocycles. The summed E-state index contributed by atoms with van der Waals surface area (Å²) in [4.78, 5) is 4.07. The van der Waals surface area contributed by atoms with Crippen LogP contribution in [0.25, 0.3) is 0 Å². The van der Waals surface area contributed by atoms with Crippen molar-refractivity contribution in [2.45, 2.75) is 40.0 Å². The third kappa shape index (κ3) is 7.11. The van der Waals surface area contributed by atoms with Crippen LogP contribution in [-0.2, 0) is 19.7 Å². The SMILES string of the molecule is CCOc1cccc(CNCCCn2ccnc2)c1OCc1ccc(C)cc1.Cl. The first-order chi connectivity index (χ1) is 13.8. The molecule has 3 rings (SSSR count). The maximum atomic E-state index is 6.19. The number of aromatic nitrogens is 2. The molecule has 0 fully saturated rings. The van der Waals surface area contributed by atoms with Crippen molar-refractivity contribution in [1.29, 1.82) is 0 Å². The molecule has 0 saturated carbocycles. The van der Waals surface area contributed by atoms with Crippen LogP contribution in [0.15, 0.2) is 61.2 Å². The number of hydrogen-bond donors (Lipinski definition) is 1. The van der Waals surface area contributed by atoms with Gasteiger partial charge in [0.05, 0.1) is 12.9 Å². The summed E-state index contributed by atoms with van der Waals surface area (Å²) in [6.07, 6.45) is 6.69. The van der Waals surface area contributed by atoms with E-state index in [2.05, 4.69) is 52.1 Å². The smallest absolute Gasteiger partial charge is 0.166 e. The zero-order valence-corrected chi connectivity index (χ0v) is 18.0. The zero-order valence-electron chi connectivity index (χ0n) is 17.1. The van der Waals surface area contributed by atoms with Gasteiger partial charge in [0.1, 0.15) is 6.61 Å². The van der Waals surface area contributed by atoms with Gasteiger partial charge in [0.15, 0.2) is 11.5 Å². The quantitative estimate of drug-likeness (QED) is 0.458. The highest BCUT2D eigenvalue weighted by atomic mass is 35.5. The van der Waals surface area contributed by atoms with Crippen molar-refractivity contribution in [2.24, 2.45) is 0 Å². The monoisotopic (exact) mass is 415 g/mol. The standard InChI is InChI=1S/C23H29N3O2.ClH/c1-3-27-22-7-4-6-21(16-24-12-5-14-26-15-13-25-18-26)23(22)28-17-20-10-8-19(2)9-11-20;/h4,6-11,13,15,18,24H,3,5,12,14,16-17H2,1-2H3;1H. The molecule has 0 radical (unpaired) electrons. The molecule has 0 atom stereocenters. The molecule has 0 aliphatic rings. The lowest BCUT2D eigenvalue weighted by Crippen LogP contribution is -2.17. The van der Waals surface area contributed by atoms with Crippen molar-refractivity contribution >= 4 is 12.4 Å². The highest BCUT2D eigenvalue weighted by Crippen LogP contribution is 2.32. The van der Waals surface area contributed by atoms with Crippen molar-refractivity contribution in [3.8, 4) is 11.5 Å². The van der Waals surface area contributed by atoms with Crippen LogP contribution in [0.5, 0.6) is 11.5 Å². The van der Waals surface area contributed by atoms with Crippen LogP contribution in [0.2, 0.25) is 0 Å². The van der Waals surface area contributed by atoms with Crippen molar-refractivity contribution < 1.29 is 9.47 Å². The van der Waals surface area contributed by atoms with Gasteiger partial charge in [-0.25, -0.2) is 4.98 Å². The number of imidazole rings is 1. The maximum Gasteiger partial charge on any atom is 0.166 e. The maximum absolute atomic E-state index is 6.19. The summed E-state index contributed by atoms with van der Waals surface area (Å²) >= 11 is 0. The van der Waals surface area contributed by atoms with Crippen molar-refractivity contribution in [2.75, 3.05) is 13.2 Å². The number of benzene rings is 2. The van der Waals surface area contributed by atoms with Crippen LogP contribution in [0.1, 0.15) is 30.0 Å². The molecule has 1 N–H and O–H groups in total. The first-order valence-electron chi connectivity index (χ1n) is 9.85. The Morgan fingerprint density at radius 3 is 2.62 bits per heavy atom. The number of para-hydroxylation sites is 1. The molecular weight excluding hydrogens is 386 g/mol. The predicted molar refractivity (Wildman–Crippen MR) is 119 cm³/mol. The number of aryl methyl sites for hydroxylation is 2. The average Bonchev–Trinajstić information content (AvgIpc) is 3.22. The molecule has 0 bridgehead atoms. The molecule has 1 aromatic heterocycles. The lowest BCUT2D eigenvalue weighted by molar-refractivity contribution is 0.266. The van der Waals surface area contributed by atoms with E-state index in [0.717, 1.165) is 48.7 Å². The highest BCUT2D eigenvalue weighted by molar-refractivity contribution is 5.85. The molecule has 0 spiro atoms. The molecule has 156 valence electrons. The van der Waals surface area contributed by atoms with Crippen LogP contribution >= 0.6 is 12.4 Å². The van der Waals surface area contributed by atoms with Gasteiger partial charge in [-0.3, -0.25) is 0 Å². The Hall–Kier alpha value is -2.50. The summed E-state index contributed by atoms with van der Waals surface area (Å²) in [5, 5.41) is 3.51. The van der Waals surface area contributed by atoms with Gasteiger partial charge in [-0.1, -0.05) is 42.0 Å². The number of hydrogen-bond acceptors (Lipinski definition) is 4. The third-order valence-corrected chi connectivity index (χ3v) is 4.51. The third-order valence-electron chi connectivity index (χ3n) is 4.51. The molecule has 29 heavy (non-hydrogen) atoms. The Morgan fingerprint density at radius 1 is 1.07 bits per heavy atom. The Morgan fingerprint density at radius 2 is 1.90 bits per heavy atom. The fourth-order valence-electron chi connectivity index (χ4n) is 3.00. The molecule has 0 aliphatic heterocycles. The van der Waals surface area contributed by atoms with Crippen LogP contribution in [0.4, 0.5) is 0 Å². The predicted octanol–water partition coefficient (Wildman–Crippen LogP) is 4.77. The number of nitrogens with zero attached hydrogens (tertiary/aromatic N) is 2. The van der Waals surface area contributed by atoms with Gasteiger partial charge in [0.25, 0.3) is 0 Å². The lowest BCUT2D eigenvalue weighted by atomic mass is 10.1. The van der Waals surface area contributed by atoms with E-state index in [4.69, 9.17) is 9.47 Å². The minimum atomic E-state index is 0. The first-order valence-corrected chi connectivity index (χ1v) is 9.85. The van der Waals surface area contributed by atoms with Gasteiger partial charge >= 0.3 is 0 Å². The molecule has 0 saturated heterocycles. The topological polar surface area (TPSA) is 48.3 Å². The Balaban J connectivity index is 0.00000300. The fraction of sp³-hybridized carbons (Fsp3) is 0.348. The van der Waals surface area contributed by atoms with E-state index >= 15 is 0 Å². The summed E-state index contributed by atoms with van der Waals surface area (Å²) in [6.45, 7) is 7.85. The van der Waals surface area contributed by atoms with Crippen LogP contribution in [-0.4, -0.2) is 22.7 Å². The van der Waals surface area contributed by atoms with Crippen molar-refractivity contribution in [1.82, 2.24) is 14.9 Å². The van der Waals surface area contributed by atoms with Gasteiger partial charge in [0.2, 0.25) is 0 Å². The average molecular weight is 416 g/mol. The number of ether oxygens (including phenoxy) is 2. The van der Waals surface area contributed by atoms with Gasteiger partial charge in [-0.05, 0) is 38.4 Å². The number of halogens is 1. The van der Waals surface area contributed by atoms with E-state index in [1.165, 1.54) is 5.56 Å². The molecule has 3 aromatic rings.